The molecule has 5 heteroatoms. The number of carbonyl (C=O) groups excluding carboxylic acids is 2. The molecule has 1 aliphatic rings. The molecule has 0 radical (unpaired) electrons. The number of nitrogens with one attached hydrogen (secondary N) is 1. The third-order valence-corrected chi connectivity index (χ3v) is 3.26. The van der Waals surface area contributed by atoms with Gasteiger partial charge in [-0.05, 0) is 25.8 Å². The summed E-state index contributed by atoms with van der Waals surface area (Å²) in [6.45, 7) is 7.32. The van der Waals surface area contributed by atoms with Crippen LogP contribution in [0.2, 0.25) is 0 Å². The van der Waals surface area contributed by atoms with Crippen molar-refractivity contribution in [2.45, 2.75) is 32.2 Å². The van der Waals surface area contributed by atoms with Crippen molar-refractivity contribution in [1.29, 1.82) is 0 Å². The normalized spacial score (nSPS) is 20.9. The van der Waals surface area contributed by atoms with Gasteiger partial charge in [0.1, 0.15) is 6.04 Å². The Bertz CT molecular complexity index is 317. The van der Waals surface area contributed by atoms with Crippen molar-refractivity contribution in [3.63, 3.8) is 0 Å². The summed E-state index contributed by atoms with van der Waals surface area (Å²) < 4.78 is 0. The minimum Gasteiger partial charge on any atom is -0.354 e. The molecular weight excluding hydrogens is 230 g/mol. The van der Waals surface area contributed by atoms with Crippen LogP contribution in [0.25, 0.3) is 0 Å². The molecule has 0 aromatic carbocycles. The summed E-state index contributed by atoms with van der Waals surface area (Å²) in [5, 5.41) is 2.82. The van der Waals surface area contributed by atoms with Gasteiger partial charge >= 0.3 is 0 Å². The van der Waals surface area contributed by atoms with Gasteiger partial charge in [-0.2, -0.15) is 0 Å². The molecule has 2 amide bonds. The number of amides is 2. The van der Waals surface area contributed by atoms with Crippen LogP contribution in [0.3, 0.4) is 0 Å². The van der Waals surface area contributed by atoms with Crippen molar-refractivity contribution in [2.75, 3.05) is 19.6 Å². The highest BCUT2D eigenvalue weighted by Crippen LogP contribution is 2.21. The maximum atomic E-state index is 12.1. The van der Waals surface area contributed by atoms with E-state index in [1.54, 1.807) is 11.0 Å². The first-order valence-corrected chi connectivity index (χ1v) is 6.51. The summed E-state index contributed by atoms with van der Waals surface area (Å²) in [5.74, 6) is -0.0178. The highest BCUT2D eigenvalue weighted by molar-refractivity contribution is 5.89. The zero-order valence-corrected chi connectivity index (χ0v) is 11.0. The fourth-order valence-electron chi connectivity index (χ4n) is 2.12. The topological polar surface area (TPSA) is 75.4 Å². The zero-order chi connectivity index (χ0) is 13.5. The summed E-state index contributed by atoms with van der Waals surface area (Å²) in [4.78, 5) is 25.7. The number of hydrogen-bond acceptors (Lipinski definition) is 3. The molecule has 102 valence electrons. The first-order valence-electron chi connectivity index (χ1n) is 6.51. The van der Waals surface area contributed by atoms with Crippen LogP contribution in [0, 0.1) is 5.92 Å². The van der Waals surface area contributed by atoms with Crippen molar-refractivity contribution in [2.24, 2.45) is 11.7 Å². The number of likely N-dealkylation sites (tertiary alicyclic amines) is 1. The number of hydrogen-bond donors (Lipinski definition) is 2. The van der Waals surface area contributed by atoms with Crippen molar-refractivity contribution in [3.8, 4) is 0 Å². The second-order valence-electron chi connectivity index (χ2n) is 4.69. The summed E-state index contributed by atoms with van der Waals surface area (Å²) >= 11 is 0. The van der Waals surface area contributed by atoms with Gasteiger partial charge in [0.15, 0.2) is 0 Å². The summed E-state index contributed by atoms with van der Waals surface area (Å²) in [7, 11) is 0. The summed E-state index contributed by atoms with van der Waals surface area (Å²) in [5.41, 5.74) is 5.38. The number of nitrogens with zero attached hydrogens (tertiary/aromatic N) is 1. The van der Waals surface area contributed by atoms with Gasteiger partial charge in [0.2, 0.25) is 11.8 Å². The molecule has 1 fully saturated rings. The Morgan fingerprint density at radius 1 is 1.72 bits per heavy atom. The van der Waals surface area contributed by atoms with E-state index < -0.39 is 6.04 Å². The average molecular weight is 253 g/mol. The third kappa shape index (κ3) is 3.57. The van der Waals surface area contributed by atoms with Gasteiger partial charge in [-0.15, -0.1) is 6.58 Å². The van der Waals surface area contributed by atoms with Crippen LogP contribution >= 0.6 is 0 Å². The van der Waals surface area contributed by atoms with E-state index in [9.17, 15) is 9.59 Å². The van der Waals surface area contributed by atoms with Gasteiger partial charge in [-0.3, -0.25) is 9.59 Å². The van der Waals surface area contributed by atoms with Crippen LogP contribution < -0.4 is 11.1 Å². The fraction of sp³-hybridized carbons (Fsp3) is 0.692. The molecular formula is C13H23N3O2. The molecule has 0 spiro atoms. The zero-order valence-electron chi connectivity index (χ0n) is 11.0. The van der Waals surface area contributed by atoms with E-state index in [1.165, 1.54) is 0 Å². The predicted octanol–water partition coefficient (Wildman–Crippen LogP) is 0.265. The number of carbonyl (C=O) groups is 2. The van der Waals surface area contributed by atoms with Crippen LogP contribution in [-0.4, -0.2) is 42.4 Å². The Kier molecular flexibility index (Phi) is 5.85. The molecule has 0 bridgehead atoms. The Hall–Kier alpha value is -1.36. The molecule has 5 nitrogen and oxygen atoms in total. The lowest BCUT2D eigenvalue weighted by atomic mass is 10.1. The maximum Gasteiger partial charge on any atom is 0.243 e. The molecule has 1 heterocycles. The van der Waals surface area contributed by atoms with E-state index >= 15 is 0 Å². The first kappa shape index (κ1) is 14.7. The van der Waals surface area contributed by atoms with E-state index in [0.717, 1.165) is 12.8 Å². The largest absolute Gasteiger partial charge is 0.354 e. The van der Waals surface area contributed by atoms with Gasteiger partial charge in [0, 0.05) is 19.0 Å². The average Bonchev–Trinajstić information content (AvgIpc) is 2.67. The van der Waals surface area contributed by atoms with Crippen LogP contribution in [0.4, 0.5) is 0 Å². The third-order valence-electron chi connectivity index (χ3n) is 3.26. The van der Waals surface area contributed by atoms with E-state index in [2.05, 4.69) is 11.9 Å². The lowest BCUT2D eigenvalue weighted by Gasteiger charge is -2.26. The quantitative estimate of drug-likeness (QED) is 0.505. The summed E-state index contributed by atoms with van der Waals surface area (Å²) in [6, 6.07) is -0.419. The van der Waals surface area contributed by atoms with Crippen molar-refractivity contribution >= 4 is 11.8 Å². The number of rotatable bonds is 7. The van der Waals surface area contributed by atoms with Crippen molar-refractivity contribution in [3.05, 3.63) is 12.7 Å². The SMILES string of the molecule is C=CC[C@@H](C(=O)NCCCN)N1CC[C@@H](C)C1=O. The standard InChI is InChI=1S/C13H23N3O2/c1-3-5-11(12(17)15-8-4-7-14)16-9-6-10(2)13(16)18/h3,10-11H,1,4-9,14H2,2H3,(H,15,17)/t10-,11+/m1/s1. The molecule has 2 atom stereocenters. The van der Waals surface area contributed by atoms with E-state index in [4.69, 9.17) is 5.73 Å². The van der Waals surface area contributed by atoms with Crippen LogP contribution in [0.15, 0.2) is 12.7 Å². The fourth-order valence-corrected chi connectivity index (χ4v) is 2.12. The number of nitrogens with two attached hydrogens (primary N) is 1. The second kappa shape index (κ2) is 7.16. The van der Waals surface area contributed by atoms with E-state index in [1.807, 2.05) is 6.92 Å². The molecule has 3 N–H and O–H groups in total. The molecule has 1 saturated heterocycles. The lowest BCUT2D eigenvalue weighted by molar-refractivity contribution is -0.139. The van der Waals surface area contributed by atoms with Crippen LogP contribution in [0.1, 0.15) is 26.2 Å². The Morgan fingerprint density at radius 3 is 2.94 bits per heavy atom. The molecule has 0 saturated carbocycles. The van der Waals surface area contributed by atoms with Gasteiger partial charge < -0.3 is 16.0 Å². The predicted molar refractivity (Wildman–Crippen MR) is 70.8 cm³/mol. The molecule has 1 aliphatic heterocycles. The first-order chi connectivity index (χ1) is 8.61. The highest BCUT2D eigenvalue weighted by atomic mass is 16.2. The molecule has 0 aliphatic carbocycles. The monoisotopic (exact) mass is 253 g/mol. The minimum atomic E-state index is -0.419. The Balaban J connectivity index is 2.61. The minimum absolute atomic E-state index is 0.0224. The summed E-state index contributed by atoms with van der Waals surface area (Å²) in [6.07, 6.45) is 3.75. The highest BCUT2D eigenvalue weighted by Gasteiger charge is 2.35. The molecule has 1 rings (SSSR count). The lowest BCUT2D eigenvalue weighted by Crippen LogP contribution is -2.48. The second-order valence-corrected chi connectivity index (χ2v) is 4.69. The molecule has 18 heavy (non-hydrogen) atoms. The van der Waals surface area contributed by atoms with Gasteiger partial charge in [0.05, 0.1) is 0 Å². The van der Waals surface area contributed by atoms with Gasteiger partial charge in [-0.1, -0.05) is 13.0 Å². The van der Waals surface area contributed by atoms with Crippen molar-refractivity contribution < 1.29 is 9.59 Å². The van der Waals surface area contributed by atoms with Crippen LogP contribution in [0.5, 0.6) is 0 Å². The Labute approximate surface area is 108 Å². The smallest absolute Gasteiger partial charge is 0.243 e. The molecule has 0 unspecified atom stereocenters. The molecule has 0 aromatic heterocycles. The molecule has 0 aromatic rings. The van der Waals surface area contributed by atoms with Crippen molar-refractivity contribution in [1.82, 2.24) is 10.2 Å². The Morgan fingerprint density at radius 2 is 2.44 bits per heavy atom. The van der Waals surface area contributed by atoms with Crippen LogP contribution in [-0.2, 0) is 9.59 Å². The van der Waals surface area contributed by atoms with Gasteiger partial charge in [-0.25, -0.2) is 0 Å². The van der Waals surface area contributed by atoms with E-state index in [0.29, 0.717) is 26.1 Å². The van der Waals surface area contributed by atoms with E-state index in [-0.39, 0.29) is 17.7 Å². The maximum absolute atomic E-state index is 12.1. The van der Waals surface area contributed by atoms with Gasteiger partial charge in [0.25, 0.3) is 0 Å².